The molecule has 2 rings (SSSR count). The van der Waals surface area contributed by atoms with Gasteiger partial charge in [0, 0.05) is 7.05 Å². The Morgan fingerprint density at radius 1 is 1.50 bits per heavy atom. The van der Waals surface area contributed by atoms with E-state index in [0.29, 0.717) is 5.92 Å². The number of aromatic nitrogens is 4. The molecule has 1 heterocycles. The van der Waals surface area contributed by atoms with E-state index in [2.05, 4.69) is 22.4 Å². The van der Waals surface area contributed by atoms with Crippen LogP contribution >= 0.6 is 0 Å². The van der Waals surface area contributed by atoms with E-state index in [1.807, 2.05) is 7.05 Å². The number of tetrazole rings is 1. The zero-order chi connectivity index (χ0) is 10.1. The highest BCUT2D eigenvalue weighted by molar-refractivity contribution is 4.95. The summed E-state index contributed by atoms with van der Waals surface area (Å²) in [5.41, 5.74) is 6.14. The number of hydrogen-bond acceptors (Lipinski definition) is 4. The molecule has 5 nitrogen and oxygen atoms in total. The van der Waals surface area contributed by atoms with Crippen molar-refractivity contribution in [1.82, 2.24) is 20.2 Å². The lowest BCUT2D eigenvalue weighted by molar-refractivity contribution is 0.402. The van der Waals surface area contributed by atoms with E-state index in [1.165, 1.54) is 19.3 Å². The minimum atomic E-state index is -0.0000463. The first-order valence-corrected chi connectivity index (χ1v) is 5.16. The third-order valence-corrected chi connectivity index (χ3v) is 3.19. The average Bonchev–Trinajstić information content (AvgIpc) is 2.73. The molecule has 1 aromatic heterocycles. The lowest BCUT2D eigenvalue weighted by atomic mass is 9.97. The van der Waals surface area contributed by atoms with Crippen molar-refractivity contribution in [2.24, 2.45) is 24.6 Å². The van der Waals surface area contributed by atoms with E-state index >= 15 is 0 Å². The zero-order valence-corrected chi connectivity index (χ0v) is 8.72. The Labute approximate surface area is 83.7 Å². The quantitative estimate of drug-likeness (QED) is 0.752. The second-order valence-corrected chi connectivity index (χ2v) is 4.36. The van der Waals surface area contributed by atoms with Crippen LogP contribution in [0.5, 0.6) is 0 Å². The van der Waals surface area contributed by atoms with Crippen LogP contribution in [-0.2, 0) is 7.05 Å². The molecule has 0 aromatic carbocycles. The summed E-state index contributed by atoms with van der Waals surface area (Å²) in [5, 5.41) is 11.4. The van der Waals surface area contributed by atoms with Gasteiger partial charge in [0.15, 0.2) is 5.82 Å². The van der Waals surface area contributed by atoms with Crippen molar-refractivity contribution in [1.29, 1.82) is 0 Å². The standard InChI is InChI=1S/C9H17N5/c1-6-3-4-7(5-6)8(10)9-11-12-13-14(9)2/h6-8H,3-5,10H2,1-2H3. The van der Waals surface area contributed by atoms with Gasteiger partial charge in [-0.1, -0.05) is 13.3 Å². The summed E-state index contributed by atoms with van der Waals surface area (Å²) >= 11 is 0. The van der Waals surface area contributed by atoms with E-state index in [4.69, 9.17) is 5.73 Å². The van der Waals surface area contributed by atoms with Gasteiger partial charge in [0.1, 0.15) is 0 Å². The Balaban J connectivity index is 2.09. The third kappa shape index (κ3) is 1.64. The predicted octanol–water partition coefficient (Wildman–Crippen LogP) is 0.646. The molecule has 0 saturated heterocycles. The van der Waals surface area contributed by atoms with Crippen LogP contribution in [-0.4, -0.2) is 20.2 Å². The third-order valence-electron chi connectivity index (χ3n) is 3.19. The maximum atomic E-state index is 6.14. The van der Waals surface area contributed by atoms with E-state index in [9.17, 15) is 0 Å². The van der Waals surface area contributed by atoms with Crippen LogP contribution in [0.4, 0.5) is 0 Å². The molecule has 5 heteroatoms. The summed E-state index contributed by atoms with van der Waals surface area (Å²) in [6.45, 7) is 2.28. The van der Waals surface area contributed by atoms with Gasteiger partial charge in [-0.05, 0) is 35.1 Å². The fourth-order valence-corrected chi connectivity index (χ4v) is 2.31. The van der Waals surface area contributed by atoms with Crippen molar-refractivity contribution in [2.75, 3.05) is 0 Å². The van der Waals surface area contributed by atoms with Gasteiger partial charge in [0.05, 0.1) is 6.04 Å². The van der Waals surface area contributed by atoms with Gasteiger partial charge in [-0.25, -0.2) is 4.68 Å². The minimum Gasteiger partial charge on any atom is -0.321 e. The van der Waals surface area contributed by atoms with Gasteiger partial charge in [-0.2, -0.15) is 0 Å². The molecule has 3 atom stereocenters. The molecule has 14 heavy (non-hydrogen) atoms. The van der Waals surface area contributed by atoms with Crippen LogP contribution in [0.15, 0.2) is 0 Å². The molecular formula is C9H17N5. The van der Waals surface area contributed by atoms with E-state index in [0.717, 1.165) is 11.7 Å². The van der Waals surface area contributed by atoms with E-state index in [1.54, 1.807) is 4.68 Å². The summed E-state index contributed by atoms with van der Waals surface area (Å²) in [6, 6.07) is -0.0000463. The van der Waals surface area contributed by atoms with Crippen LogP contribution in [0.25, 0.3) is 0 Å². The highest BCUT2D eigenvalue weighted by Gasteiger charge is 2.29. The monoisotopic (exact) mass is 195 g/mol. The van der Waals surface area contributed by atoms with Gasteiger partial charge in [-0.15, -0.1) is 5.10 Å². The number of hydrogen-bond donors (Lipinski definition) is 1. The zero-order valence-electron chi connectivity index (χ0n) is 8.72. The number of nitrogens with zero attached hydrogens (tertiary/aromatic N) is 4. The summed E-state index contributed by atoms with van der Waals surface area (Å²) < 4.78 is 1.67. The number of nitrogens with two attached hydrogens (primary N) is 1. The summed E-state index contributed by atoms with van der Waals surface area (Å²) in [5.74, 6) is 2.16. The molecule has 0 spiro atoms. The van der Waals surface area contributed by atoms with Crippen LogP contribution in [0.2, 0.25) is 0 Å². The van der Waals surface area contributed by atoms with Gasteiger partial charge >= 0.3 is 0 Å². The van der Waals surface area contributed by atoms with Crippen molar-refractivity contribution >= 4 is 0 Å². The van der Waals surface area contributed by atoms with Crippen molar-refractivity contribution in [2.45, 2.75) is 32.2 Å². The lowest BCUT2D eigenvalue weighted by Gasteiger charge is -2.16. The van der Waals surface area contributed by atoms with E-state index < -0.39 is 0 Å². The summed E-state index contributed by atoms with van der Waals surface area (Å²) in [6.07, 6.45) is 3.69. The smallest absolute Gasteiger partial charge is 0.168 e. The van der Waals surface area contributed by atoms with E-state index in [-0.39, 0.29) is 6.04 Å². The maximum Gasteiger partial charge on any atom is 0.168 e. The fourth-order valence-electron chi connectivity index (χ4n) is 2.31. The molecule has 1 aromatic rings. The van der Waals surface area contributed by atoms with Crippen molar-refractivity contribution < 1.29 is 0 Å². The summed E-state index contributed by atoms with van der Waals surface area (Å²) in [7, 11) is 1.84. The van der Waals surface area contributed by atoms with Gasteiger partial charge < -0.3 is 5.73 Å². The number of rotatable bonds is 2. The van der Waals surface area contributed by atoms with Crippen molar-refractivity contribution in [3.63, 3.8) is 0 Å². The highest BCUT2D eigenvalue weighted by atomic mass is 15.5. The molecular weight excluding hydrogens is 178 g/mol. The SMILES string of the molecule is CC1CCC(C(N)c2nnnn2C)C1. The normalized spacial score (nSPS) is 29.4. The molecule has 0 bridgehead atoms. The van der Waals surface area contributed by atoms with Crippen LogP contribution < -0.4 is 5.73 Å². The first kappa shape index (κ1) is 9.58. The molecule has 0 aliphatic heterocycles. The molecule has 1 fully saturated rings. The van der Waals surface area contributed by atoms with Crippen molar-refractivity contribution in [3.8, 4) is 0 Å². The minimum absolute atomic E-state index is 0.0000463. The predicted molar refractivity (Wildman–Crippen MR) is 52.2 cm³/mol. The first-order valence-electron chi connectivity index (χ1n) is 5.16. The molecule has 78 valence electrons. The molecule has 0 radical (unpaired) electrons. The Morgan fingerprint density at radius 2 is 2.29 bits per heavy atom. The Kier molecular flexibility index (Phi) is 2.50. The van der Waals surface area contributed by atoms with Crippen molar-refractivity contribution in [3.05, 3.63) is 5.82 Å². The fraction of sp³-hybridized carbons (Fsp3) is 0.889. The van der Waals surface area contributed by atoms with Crippen LogP contribution in [0.3, 0.4) is 0 Å². The molecule has 1 aliphatic rings. The van der Waals surface area contributed by atoms with Gasteiger partial charge in [0.25, 0.3) is 0 Å². The Morgan fingerprint density at radius 3 is 2.79 bits per heavy atom. The molecule has 1 saturated carbocycles. The second-order valence-electron chi connectivity index (χ2n) is 4.36. The second kappa shape index (κ2) is 3.65. The first-order chi connectivity index (χ1) is 6.68. The van der Waals surface area contributed by atoms with Gasteiger partial charge in [0.2, 0.25) is 0 Å². The average molecular weight is 195 g/mol. The topological polar surface area (TPSA) is 69.6 Å². The van der Waals surface area contributed by atoms with Crippen LogP contribution in [0, 0.1) is 11.8 Å². The summed E-state index contributed by atoms with van der Waals surface area (Å²) in [4.78, 5) is 0. The number of aryl methyl sites for hydroxylation is 1. The molecule has 3 unspecified atom stereocenters. The Bertz CT molecular complexity index is 308. The molecule has 2 N–H and O–H groups in total. The highest BCUT2D eigenvalue weighted by Crippen LogP contribution is 2.36. The maximum absolute atomic E-state index is 6.14. The van der Waals surface area contributed by atoms with Crippen LogP contribution in [0.1, 0.15) is 38.1 Å². The Hall–Kier alpha value is -0.970. The van der Waals surface area contributed by atoms with Gasteiger partial charge in [-0.3, -0.25) is 0 Å². The molecule has 1 aliphatic carbocycles. The lowest BCUT2D eigenvalue weighted by Crippen LogP contribution is -2.23. The largest absolute Gasteiger partial charge is 0.321 e. The molecule has 0 amide bonds.